The number of hydrogen-bond donors (Lipinski definition) is 1. The molecule has 0 fully saturated rings. The summed E-state index contributed by atoms with van der Waals surface area (Å²) in [6.07, 6.45) is 9.81. The lowest BCUT2D eigenvalue weighted by Gasteiger charge is -2.17. The summed E-state index contributed by atoms with van der Waals surface area (Å²) in [5, 5.41) is 3.55. The maximum Gasteiger partial charge on any atom is 0.00104 e. The van der Waals surface area contributed by atoms with E-state index in [-0.39, 0.29) is 0 Å². The highest BCUT2D eigenvalue weighted by Crippen LogP contribution is 2.14. The molecule has 1 atom stereocenters. The van der Waals surface area contributed by atoms with E-state index >= 15 is 0 Å². The van der Waals surface area contributed by atoms with Crippen molar-refractivity contribution in [1.82, 2.24) is 5.32 Å². The minimum Gasteiger partial charge on any atom is -0.314 e. The van der Waals surface area contributed by atoms with E-state index in [1.807, 2.05) is 0 Å². The molecular weight excluding hydrogens is 182 g/mol. The van der Waals surface area contributed by atoms with Crippen LogP contribution in [0.2, 0.25) is 0 Å². The van der Waals surface area contributed by atoms with E-state index in [1.165, 1.54) is 51.5 Å². The molecule has 92 valence electrons. The highest BCUT2D eigenvalue weighted by Gasteiger charge is 2.06. The van der Waals surface area contributed by atoms with Crippen molar-refractivity contribution in [3.05, 3.63) is 0 Å². The fraction of sp³-hybridized carbons (Fsp3) is 1.00. The second-order valence-electron chi connectivity index (χ2n) is 5.04. The Morgan fingerprint density at radius 3 is 2.13 bits per heavy atom. The first-order valence-corrected chi connectivity index (χ1v) is 6.94. The molecule has 0 radical (unpaired) electrons. The summed E-state index contributed by atoms with van der Waals surface area (Å²) in [6, 6.07) is 0.638. The Morgan fingerprint density at radius 1 is 0.933 bits per heavy atom. The average molecular weight is 213 g/mol. The van der Waals surface area contributed by atoms with Gasteiger partial charge in [0.1, 0.15) is 0 Å². The smallest absolute Gasteiger partial charge is 0.00104 e. The SMILES string of the molecule is CCCCCCCC(CC)CNC(C)C. The van der Waals surface area contributed by atoms with E-state index in [1.54, 1.807) is 0 Å². The summed E-state index contributed by atoms with van der Waals surface area (Å²) in [5.74, 6) is 0.897. The summed E-state index contributed by atoms with van der Waals surface area (Å²) < 4.78 is 0. The summed E-state index contributed by atoms with van der Waals surface area (Å²) in [4.78, 5) is 0. The predicted octanol–water partition coefficient (Wildman–Crippen LogP) is 4.37. The van der Waals surface area contributed by atoms with E-state index < -0.39 is 0 Å². The first-order valence-electron chi connectivity index (χ1n) is 6.94. The molecule has 1 heteroatoms. The van der Waals surface area contributed by atoms with Crippen molar-refractivity contribution >= 4 is 0 Å². The third kappa shape index (κ3) is 10.2. The zero-order chi connectivity index (χ0) is 11.5. The summed E-state index contributed by atoms with van der Waals surface area (Å²) in [7, 11) is 0. The molecule has 0 bridgehead atoms. The van der Waals surface area contributed by atoms with Crippen LogP contribution in [0, 0.1) is 5.92 Å². The fourth-order valence-electron chi connectivity index (χ4n) is 1.89. The highest BCUT2D eigenvalue weighted by molar-refractivity contribution is 4.63. The maximum absolute atomic E-state index is 3.55. The Hall–Kier alpha value is -0.0400. The van der Waals surface area contributed by atoms with Gasteiger partial charge in [-0.3, -0.25) is 0 Å². The molecule has 0 aromatic heterocycles. The molecule has 1 nitrogen and oxygen atoms in total. The van der Waals surface area contributed by atoms with E-state index in [2.05, 4.69) is 33.0 Å². The van der Waals surface area contributed by atoms with Gasteiger partial charge in [-0.25, -0.2) is 0 Å². The lowest BCUT2D eigenvalue weighted by molar-refractivity contribution is 0.396. The zero-order valence-electron chi connectivity index (χ0n) is 11.3. The van der Waals surface area contributed by atoms with E-state index in [0.717, 1.165) is 5.92 Å². The van der Waals surface area contributed by atoms with Crippen LogP contribution < -0.4 is 5.32 Å². The molecule has 0 aliphatic heterocycles. The van der Waals surface area contributed by atoms with Gasteiger partial charge in [0.15, 0.2) is 0 Å². The molecular formula is C14H31N. The van der Waals surface area contributed by atoms with Gasteiger partial charge in [-0.15, -0.1) is 0 Å². The Labute approximate surface area is 97.0 Å². The van der Waals surface area contributed by atoms with Crippen molar-refractivity contribution in [1.29, 1.82) is 0 Å². The number of nitrogens with one attached hydrogen (secondary N) is 1. The normalized spacial score (nSPS) is 13.4. The predicted molar refractivity (Wildman–Crippen MR) is 70.3 cm³/mol. The third-order valence-corrected chi connectivity index (χ3v) is 3.11. The minimum atomic E-state index is 0.638. The van der Waals surface area contributed by atoms with Crippen LogP contribution in [0.1, 0.15) is 72.6 Å². The monoisotopic (exact) mass is 213 g/mol. The number of hydrogen-bond acceptors (Lipinski definition) is 1. The Morgan fingerprint density at radius 2 is 1.60 bits per heavy atom. The zero-order valence-corrected chi connectivity index (χ0v) is 11.3. The summed E-state index contributed by atoms with van der Waals surface area (Å²) in [5.41, 5.74) is 0. The molecule has 0 aromatic carbocycles. The van der Waals surface area contributed by atoms with E-state index in [9.17, 15) is 0 Å². The van der Waals surface area contributed by atoms with Gasteiger partial charge in [-0.05, 0) is 18.9 Å². The molecule has 0 saturated heterocycles. The third-order valence-electron chi connectivity index (χ3n) is 3.11. The molecule has 0 spiro atoms. The Kier molecular flexibility index (Phi) is 10.4. The molecule has 0 aromatic rings. The topological polar surface area (TPSA) is 12.0 Å². The maximum atomic E-state index is 3.55. The Bertz CT molecular complexity index is 121. The molecule has 1 unspecified atom stereocenters. The highest BCUT2D eigenvalue weighted by atomic mass is 14.9. The van der Waals surface area contributed by atoms with Gasteiger partial charge >= 0.3 is 0 Å². The van der Waals surface area contributed by atoms with Crippen molar-refractivity contribution in [3.8, 4) is 0 Å². The Balaban J connectivity index is 3.36. The van der Waals surface area contributed by atoms with Crippen LogP contribution in [-0.2, 0) is 0 Å². The van der Waals surface area contributed by atoms with Gasteiger partial charge in [-0.2, -0.15) is 0 Å². The fourth-order valence-corrected chi connectivity index (χ4v) is 1.89. The van der Waals surface area contributed by atoms with Crippen LogP contribution in [-0.4, -0.2) is 12.6 Å². The first-order chi connectivity index (χ1) is 7.20. The molecule has 0 saturated carbocycles. The second kappa shape index (κ2) is 10.5. The quantitative estimate of drug-likeness (QED) is 0.531. The molecule has 0 amide bonds. The average Bonchev–Trinajstić information content (AvgIpc) is 2.22. The minimum absolute atomic E-state index is 0.638. The lowest BCUT2D eigenvalue weighted by Crippen LogP contribution is -2.28. The van der Waals surface area contributed by atoms with Crippen LogP contribution in [0.3, 0.4) is 0 Å². The van der Waals surface area contributed by atoms with Gasteiger partial charge in [0.25, 0.3) is 0 Å². The van der Waals surface area contributed by atoms with Crippen molar-refractivity contribution in [2.24, 2.45) is 5.92 Å². The molecule has 1 N–H and O–H groups in total. The van der Waals surface area contributed by atoms with Crippen LogP contribution in [0.15, 0.2) is 0 Å². The largest absolute Gasteiger partial charge is 0.314 e. The van der Waals surface area contributed by atoms with Crippen LogP contribution in [0.25, 0.3) is 0 Å². The van der Waals surface area contributed by atoms with Crippen molar-refractivity contribution in [3.63, 3.8) is 0 Å². The summed E-state index contributed by atoms with van der Waals surface area (Å²) >= 11 is 0. The number of unbranched alkanes of at least 4 members (excludes halogenated alkanes) is 4. The molecule has 0 aliphatic rings. The van der Waals surface area contributed by atoms with Crippen molar-refractivity contribution in [2.75, 3.05) is 6.54 Å². The molecule has 0 heterocycles. The summed E-state index contributed by atoms with van der Waals surface area (Å²) in [6.45, 7) is 10.3. The van der Waals surface area contributed by atoms with Crippen LogP contribution in [0.4, 0.5) is 0 Å². The molecule has 15 heavy (non-hydrogen) atoms. The van der Waals surface area contributed by atoms with Gasteiger partial charge in [0, 0.05) is 6.04 Å². The van der Waals surface area contributed by atoms with Gasteiger partial charge < -0.3 is 5.32 Å². The molecule has 0 rings (SSSR count). The first kappa shape index (κ1) is 15.0. The van der Waals surface area contributed by atoms with Crippen LogP contribution in [0.5, 0.6) is 0 Å². The standard InChI is InChI=1S/C14H31N/c1-5-7-8-9-10-11-14(6-2)12-15-13(3)4/h13-15H,5-12H2,1-4H3. The number of rotatable bonds is 10. The molecule has 0 aliphatic carbocycles. The van der Waals surface area contributed by atoms with E-state index in [0.29, 0.717) is 6.04 Å². The van der Waals surface area contributed by atoms with Crippen molar-refractivity contribution < 1.29 is 0 Å². The van der Waals surface area contributed by atoms with Gasteiger partial charge in [-0.1, -0.05) is 66.2 Å². The second-order valence-corrected chi connectivity index (χ2v) is 5.04. The van der Waals surface area contributed by atoms with Gasteiger partial charge in [0.05, 0.1) is 0 Å². The lowest BCUT2D eigenvalue weighted by atomic mass is 9.98. The van der Waals surface area contributed by atoms with Crippen LogP contribution >= 0.6 is 0 Å². The van der Waals surface area contributed by atoms with Gasteiger partial charge in [0.2, 0.25) is 0 Å². The van der Waals surface area contributed by atoms with Crippen molar-refractivity contribution in [2.45, 2.75) is 78.7 Å². The van der Waals surface area contributed by atoms with E-state index in [4.69, 9.17) is 0 Å².